The zero-order valence-corrected chi connectivity index (χ0v) is 22.8. The maximum Gasteiger partial charge on any atom is 0.338 e. The maximum absolute atomic E-state index is 13.2. The number of esters is 1. The van der Waals surface area contributed by atoms with Gasteiger partial charge in [-0.05, 0) is 48.5 Å². The molecule has 0 atom stereocenters. The molecule has 41 heavy (non-hydrogen) atoms. The average molecular weight is 559 g/mol. The Balaban J connectivity index is 1.41. The van der Waals surface area contributed by atoms with Crippen LogP contribution in [0.3, 0.4) is 0 Å². The third-order valence-corrected chi connectivity index (χ3v) is 5.91. The molecule has 0 radical (unpaired) electrons. The lowest BCUT2D eigenvalue weighted by molar-refractivity contribution is -0.147. The molecule has 0 spiro atoms. The highest BCUT2D eigenvalue weighted by Crippen LogP contribution is 2.22. The van der Waals surface area contributed by atoms with Crippen LogP contribution in [0.2, 0.25) is 0 Å². The van der Waals surface area contributed by atoms with Crippen LogP contribution in [0.1, 0.15) is 16.8 Å². The van der Waals surface area contributed by atoms with Crippen LogP contribution >= 0.6 is 0 Å². The SMILES string of the molecule is O=C(OC(CCOCOc1ccccc1)(COCOc1ccccc1)COCOc1ccccc1)c1ccccc1. The molecule has 8 nitrogen and oxygen atoms in total. The molecule has 0 aromatic heterocycles. The summed E-state index contributed by atoms with van der Waals surface area (Å²) in [7, 11) is 0. The van der Waals surface area contributed by atoms with Gasteiger partial charge in [-0.1, -0.05) is 72.8 Å². The molecule has 0 bridgehead atoms. The molecule has 0 saturated carbocycles. The summed E-state index contributed by atoms with van der Waals surface area (Å²) >= 11 is 0. The summed E-state index contributed by atoms with van der Waals surface area (Å²) < 4.78 is 40.6. The predicted molar refractivity (Wildman–Crippen MR) is 153 cm³/mol. The van der Waals surface area contributed by atoms with Crippen molar-refractivity contribution in [3.05, 3.63) is 127 Å². The van der Waals surface area contributed by atoms with Gasteiger partial charge in [-0.25, -0.2) is 4.79 Å². The smallest absolute Gasteiger partial charge is 0.338 e. The largest absolute Gasteiger partial charge is 0.468 e. The normalized spacial score (nSPS) is 11.0. The summed E-state index contributed by atoms with van der Waals surface area (Å²) in [6, 6.07) is 36.7. The van der Waals surface area contributed by atoms with Gasteiger partial charge in [0, 0.05) is 6.42 Å². The fraction of sp³-hybridized carbons (Fsp3) is 0.242. The van der Waals surface area contributed by atoms with Gasteiger partial charge in [-0.15, -0.1) is 0 Å². The van der Waals surface area contributed by atoms with Crippen molar-refractivity contribution in [2.75, 3.05) is 40.2 Å². The number of benzene rings is 4. The molecule has 214 valence electrons. The van der Waals surface area contributed by atoms with Crippen molar-refractivity contribution >= 4 is 5.97 Å². The van der Waals surface area contributed by atoms with Gasteiger partial charge in [0.25, 0.3) is 0 Å². The molecular weight excluding hydrogens is 524 g/mol. The zero-order valence-electron chi connectivity index (χ0n) is 22.8. The van der Waals surface area contributed by atoms with Crippen molar-refractivity contribution in [3.8, 4) is 17.2 Å². The van der Waals surface area contributed by atoms with Crippen LogP contribution in [0.15, 0.2) is 121 Å². The number of rotatable bonds is 18. The number of carbonyl (C=O) groups is 1. The van der Waals surface area contributed by atoms with Crippen LogP contribution in [0.25, 0.3) is 0 Å². The summed E-state index contributed by atoms with van der Waals surface area (Å²) in [5, 5.41) is 0. The minimum atomic E-state index is -1.21. The second-order valence-electron chi connectivity index (χ2n) is 9.02. The van der Waals surface area contributed by atoms with Crippen LogP contribution in [0, 0.1) is 0 Å². The van der Waals surface area contributed by atoms with Crippen molar-refractivity contribution in [2.45, 2.75) is 12.0 Å². The second kappa shape index (κ2) is 16.7. The van der Waals surface area contributed by atoms with E-state index in [0.717, 1.165) is 0 Å². The first-order valence-corrected chi connectivity index (χ1v) is 13.3. The summed E-state index contributed by atoms with van der Waals surface area (Å²) in [6.45, 7) is 0.128. The fourth-order valence-electron chi connectivity index (χ4n) is 3.78. The van der Waals surface area contributed by atoms with Crippen LogP contribution in [0.4, 0.5) is 0 Å². The Morgan fingerprint density at radius 2 is 0.902 bits per heavy atom. The molecule has 4 rings (SSSR count). The molecule has 0 aliphatic rings. The van der Waals surface area contributed by atoms with Gasteiger partial charge in [0.1, 0.15) is 17.2 Å². The molecule has 4 aromatic rings. The molecule has 0 fully saturated rings. The summed E-state index contributed by atoms with van der Waals surface area (Å²) in [5.41, 5.74) is -0.800. The van der Waals surface area contributed by atoms with Gasteiger partial charge in [-0.3, -0.25) is 0 Å². The number of para-hydroxylation sites is 3. The zero-order chi connectivity index (χ0) is 28.4. The highest BCUT2D eigenvalue weighted by Gasteiger charge is 2.36. The van der Waals surface area contributed by atoms with Gasteiger partial charge in [0.05, 0.1) is 25.4 Å². The summed E-state index contributed by atoms with van der Waals surface area (Å²) in [4.78, 5) is 13.2. The van der Waals surface area contributed by atoms with Crippen molar-refractivity contribution in [1.29, 1.82) is 0 Å². The minimum absolute atomic E-state index is 0.00730. The predicted octanol–water partition coefficient (Wildman–Crippen LogP) is 6.13. The van der Waals surface area contributed by atoms with Gasteiger partial charge in [0.2, 0.25) is 0 Å². The van der Waals surface area contributed by atoms with Crippen LogP contribution in [0.5, 0.6) is 17.2 Å². The topological polar surface area (TPSA) is 81.7 Å². The number of ether oxygens (including phenoxy) is 7. The van der Waals surface area contributed by atoms with Crippen LogP contribution < -0.4 is 14.2 Å². The Morgan fingerprint density at radius 1 is 0.512 bits per heavy atom. The molecule has 4 aromatic carbocycles. The highest BCUT2D eigenvalue weighted by atomic mass is 16.7. The highest BCUT2D eigenvalue weighted by molar-refractivity contribution is 5.89. The van der Waals surface area contributed by atoms with Gasteiger partial charge >= 0.3 is 5.97 Å². The Labute approximate surface area is 240 Å². The second-order valence-corrected chi connectivity index (χ2v) is 9.02. The van der Waals surface area contributed by atoms with Crippen LogP contribution in [-0.4, -0.2) is 51.8 Å². The van der Waals surface area contributed by atoms with E-state index < -0.39 is 11.6 Å². The quantitative estimate of drug-likeness (QED) is 0.0820. The Hall–Kier alpha value is -4.37. The summed E-state index contributed by atoms with van der Waals surface area (Å²) in [5.74, 6) is 1.50. The van der Waals surface area contributed by atoms with Crippen molar-refractivity contribution in [2.24, 2.45) is 0 Å². The van der Waals surface area contributed by atoms with E-state index in [9.17, 15) is 4.79 Å². The Kier molecular flexibility index (Phi) is 12.0. The Bertz CT molecular complexity index is 1210. The first-order chi connectivity index (χ1) is 20.2. The molecule has 8 heteroatoms. The monoisotopic (exact) mass is 558 g/mol. The van der Waals surface area contributed by atoms with E-state index in [0.29, 0.717) is 22.8 Å². The average Bonchev–Trinajstić information content (AvgIpc) is 3.03. The number of hydrogen-bond donors (Lipinski definition) is 0. The molecule has 0 N–H and O–H groups in total. The molecule has 0 amide bonds. The fourth-order valence-corrected chi connectivity index (χ4v) is 3.78. The third-order valence-electron chi connectivity index (χ3n) is 5.91. The van der Waals surface area contributed by atoms with Crippen molar-refractivity contribution in [1.82, 2.24) is 0 Å². The van der Waals surface area contributed by atoms with Gasteiger partial charge in [0.15, 0.2) is 26.0 Å². The first kappa shape index (κ1) is 29.6. The van der Waals surface area contributed by atoms with E-state index in [1.807, 2.05) is 97.1 Å². The van der Waals surface area contributed by atoms with E-state index in [4.69, 9.17) is 33.2 Å². The van der Waals surface area contributed by atoms with Gasteiger partial charge < -0.3 is 33.2 Å². The molecule has 0 heterocycles. The minimum Gasteiger partial charge on any atom is -0.468 e. The standard InChI is InChI=1S/C33H34O8/c34-32(28-13-5-1-6-14-28)41-33(23-36-26-39-30-17-9-3-10-18-30,24-37-27-40-31-19-11-4-12-20-31)21-22-35-25-38-29-15-7-2-8-16-29/h1-20H,21-27H2. The lowest BCUT2D eigenvalue weighted by atomic mass is 10.0. The van der Waals surface area contributed by atoms with E-state index in [1.54, 1.807) is 24.3 Å². The molecule has 0 aliphatic carbocycles. The lowest BCUT2D eigenvalue weighted by Crippen LogP contribution is -2.46. The van der Waals surface area contributed by atoms with Gasteiger partial charge in [-0.2, -0.15) is 0 Å². The summed E-state index contributed by atoms with van der Waals surface area (Å²) in [6.07, 6.45) is 0.264. The number of hydrogen-bond acceptors (Lipinski definition) is 8. The Morgan fingerprint density at radius 3 is 1.34 bits per heavy atom. The van der Waals surface area contributed by atoms with Crippen molar-refractivity contribution < 1.29 is 38.0 Å². The lowest BCUT2D eigenvalue weighted by Gasteiger charge is -2.33. The van der Waals surface area contributed by atoms with Crippen LogP contribution in [-0.2, 0) is 18.9 Å². The molecule has 0 unspecified atom stereocenters. The number of carbonyl (C=O) groups excluding carboxylic acids is 1. The van der Waals surface area contributed by atoms with E-state index >= 15 is 0 Å². The maximum atomic E-state index is 13.2. The molecule has 0 aliphatic heterocycles. The van der Waals surface area contributed by atoms with E-state index in [1.165, 1.54) is 0 Å². The molecule has 0 saturated heterocycles. The van der Waals surface area contributed by atoms with E-state index in [-0.39, 0.29) is 46.6 Å². The molecular formula is C33H34O8. The first-order valence-electron chi connectivity index (χ1n) is 13.3. The third kappa shape index (κ3) is 10.6. The van der Waals surface area contributed by atoms with E-state index in [2.05, 4.69) is 0 Å². The van der Waals surface area contributed by atoms with Crippen molar-refractivity contribution in [3.63, 3.8) is 0 Å².